The topological polar surface area (TPSA) is 76.8 Å². The minimum Gasteiger partial charge on any atom is -0.465 e. The zero-order valence-corrected chi connectivity index (χ0v) is 16.1. The molecule has 2 heterocycles. The first-order valence-corrected chi connectivity index (χ1v) is 9.35. The van der Waals surface area contributed by atoms with E-state index < -0.39 is 23.7 Å². The number of hydrogen-bond acceptors (Lipinski definition) is 6. The number of thioether (sulfide) groups is 1. The zero-order valence-electron chi connectivity index (χ0n) is 13.7. The van der Waals surface area contributed by atoms with Crippen LogP contribution < -0.4 is 0 Å². The largest absolute Gasteiger partial charge is 0.465 e. The van der Waals surface area contributed by atoms with Crippen LogP contribution in [0.1, 0.15) is 12.7 Å². The molecule has 26 heavy (non-hydrogen) atoms. The Kier molecular flexibility index (Phi) is 5.63. The molecule has 3 rings (SSSR count). The molecule has 134 valence electrons. The van der Waals surface area contributed by atoms with Crippen molar-refractivity contribution in [3.8, 4) is 11.3 Å². The lowest BCUT2D eigenvalue weighted by Crippen LogP contribution is -2.34. The number of carbonyl (C=O) groups excluding carboxylic acids is 3. The van der Waals surface area contributed by atoms with Gasteiger partial charge in [0.05, 0.1) is 11.5 Å². The van der Waals surface area contributed by atoms with E-state index in [9.17, 15) is 14.4 Å². The Morgan fingerprint density at radius 3 is 2.85 bits per heavy atom. The van der Waals surface area contributed by atoms with E-state index >= 15 is 0 Å². The Labute approximate surface area is 162 Å². The van der Waals surface area contributed by atoms with Crippen LogP contribution in [-0.4, -0.2) is 35.2 Å². The van der Waals surface area contributed by atoms with Crippen LogP contribution in [0.4, 0.5) is 4.79 Å². The molecule has 0 radical (unpaired) electrons. The summed E-state index contributed by atoms with van der Waals surface area (Å²) in [5.74, 6) is -0.0654. The molecule has 6 nitrogen and oxygen atoms in total. The summed E-state index contributed by atoms with van der Waals surface area (Å²) in [6.45, 7) is 1.46. The third-order valence-corrected chi connectivity index (χ3v) is 4.88. The van der Waals surface area contributed by atoms with Crippen LogP contribution in [0.2, 0.25) is 0 Å². The Bertz CT molecular complexity index is 904. The van der Waals surface area contributed by atoms with Gasteiger partial charge in [0, 0.05) is 16.1 Å². The highest BCUT2D eigenvalue weighted by Crippen LogP contribution is 2.33. The number of amides is 2. The van der Waals surface area contributed by atoms with E-state index in [2.05, 4.69) is 15.9 Å². The highest BCUT2D eigenvalue weighted by atomic mass is 79.9. The lowest BCUT2D eigenvalue weighted by molar-refractivity contribution is -0.145. The number of hydrogen-bond donors (Lipinski definition) is 0. The second-order valence-corrected chi connectivity index (χ2v) is 7.19. The SMILES string of the molecule is CCOC(=O)CN1C(=O)S/C(=C/c2ccc(-c3cccc(Br)c3)o2)C1=O. The van der Waals surface area contributed by atoms with Crippen LogP contribution in [0, 0.1) is 0 Å². The van der Waals surface area contributed by atoms with Crippen molar-refractivity contribution in [2.24, 2.45) is 0 Å². The van der Waals surface area contributed by atoms with Crippen LogP contribution in [0.25, 0.3) is 17.4 Å². The van der Waals surface area contributed by atoms with Gasteiger partial charge in [-0.2, -0.15) is 0 Å². The van der Waals surface area contributed by atoms with E-state index in [-0.39, 0.29) is 11.5 Å². The summed E-state index contributed by atoms with van der Waals surface area (Å²) in [7, 11) is 0. The van der Waals surface area contributed by atoms with Crippen LogP contribution >= 0.6 is 27.7 Å². The van der Waals surface area contributed by atoms with E-state index in [1.807, 2.05) is 24.3 Å². The van der Waals surface area contributed by atoms with Gasteiger partial charge >= 0.3 is 5.97 Å². The molecule has 1 fully saturated rings. The highest BCUT2D eigenvalue weighted by Gasteiger charge is 2.36. The molecule has 1 aliphatic rings. The standard InChI is InChI=1S/C18H14BrNO5S/c1-2-24-16(21)10-20-17(22)15(26-18(20)23)9-13-6-7-14(25-13)11-4-3-5-12(19)8-11/h3-9H,2,10H2,1H3/b15-9+. The maximum absolute atomic E-state index is 12.3. The van der Waals surface area contributed by atoms with Gasteiger partial charge in [-0.3, -0.25) is 19.3 Å². The van der Waals surface area contributed by atoms with E-state index in [1.165, 1.54) is 6.08 Å². The molecule has 1 aromatic carbocycles. The summed E-state index contributed by atoms with van der Waals surface area (Å²) in [5.41, 5.74) is 0.884. The summed E-state index contributed by atoms with van der Waals surface area (Å²) in [5, 5.41) is -0.506. The van der Waals surface area contributed by atoms with Gasteiger partial charge in [-0.25, -0.2) is 0 Å². The Balaban J connectivity index is 1.77. The molecule has 0 unspecified atom stereocenters. The molecule has 2 amide bonds. The van der Waals surface area contributed by atoms with Gasteiger partial charge in [-0.15, -0.1) is 0 Å². The van der Waals surface area contributed by atoms with Crippen molar-refractivity contribution in [1.29, 1.82) is 0 Å². The third kappa shape index (κ3) is 4.08. The highest BCUT2D eigenvalue weighted by molar-refractivity contribution is 9.10. The number of carbonyl (C=O) groups is 3. The van der Waals surface area contributed by atoms with Gasteiger partial charge in [0.15, 0.2) is 0 Å². The van der Waals surface area contributed by atoms with Gasteiger partial charge in [-0.05, 0) is 43.0 Å². The maximum atomic E-state index is 12.3. The number of furan rings is 1. The Hall–Kier alpha value is -2.32. The van der Waals surface area contributed by atoms with Crippen LogP contribution in [0.15, 0.2) is 50.2 Å². The smallest absolute Gasteiger partial charge is 0.326 e. The van der Waals surface area contributed by atoms with Crippen molar-refractivity contribution in [3.05, 3.63) is 51.5 Å². The molecule has 2 aromatic rings. The lowest BCUT2D eigenvalue weighted by atomic mass is 10.2. The van der Waals surface area contributed by atoms with E-state index in [0.29, 0.717) is 11.5 Å². The molecular weight excluding hydrogens is 422 g/mol. The van der Waals surface area contributed by atoms with E-state index in [4.69, 9.17) is 9.15 Å². The fourth-order valence-electron chi connectivity index (χ4n) is 2.33. The molecule has 0 N–H and O–H groups in total. The molecule has 1 saturated heterocycles. The molecule has 0 spiro atoms. The van der Waals surface area contributed by atoms with Crippen LogP contribution in [-0.2, 0) is 14.3 Å². The average Bonchev–Trinajstić information content (AvgIpc) is 3.16. The minimum absolute atomic E-state index is 0.190. The van der Waals surface area contributed by atoms with Gasteiger partial charge in [0.1, 0.15) is 18.1 Å². The van der Waals surface area contributed by atoms with Crippen LogP contribution in [0.3, 0.4) is 0 Å². The fraction of sp³-hybridized carbons (Fsp3) is 0.167. The zero-order chi connectivity index (χ0) is 18.7. The number of nitrogens with zero attached hydrogens (tertiary/aromatic N) is 1. The first-order chi connectivity index (χ1) is 12.5. The molecule has 0 aliphatic carbocycles. The predicted octanol–water partition coefficient (Wildman–Crippen LogP) is 4.31. The summed E-state index contributed by atoms with van der Waals surface area (Å²) in [6.07, 6.45) is 1.50. The molecule has 8 heteroatoms. The third-order valence-electron chi connectivity index (χ3n) is 3.48. The number of imide groups is 1. The molecular formula is C18H14BrNO5S. The first-order valence-electron chi connectivity index (χ1n) is 7.74. The summed E-state index contributed by atoms with van der Waals surface area (Å²) in [4.78, 5) is 36.9. The molecule has 0 bridgehead atoms. The first kappa shape index (κ1) is 18.5. The lowest BCUT2D eigenvalue weighted by Gasteiger charge is -2.10. The quantitative estimate of drug-likeness (QED) is 0.514. The van der Waals surface area contributed by atoms with Crippen molar-refractivity contribution in [1.82, 2.24) is 4.90 Å². The monoisotopic (exact) mass is 435 g/mol. The second kappa shape index (κ2) is 7.92. The van der Waals surface area contributed by atoms with Gasteiger partial charge in [0.2, 0.25) is 0 Å². The molecule has 1 aliphatic heterocycles. The number of rotatable bonds is 5. The second-order valence-electron chi connectivity index (χ2n) is 5.29. The van der Waals surface area contributed by atoms with E-state index in [1.54, 1.807) is 19.1 Å². The predicted molar refractivity (Wildman–Crippen MR) is 101 cm³/mol. The maximum Gasteiger partial charge on any atom is 0.326 e. The Morgan fingerprint density at radius 2 is 2.12 bits per heavy atom. The minimum atomic E-state index is -0.619. The van der Waals surface area contributed by atoms with Crippen molar-refractivity contribution < 1.29 is 23.5 Å². The van der Waals surface area contributed by atoms with Gasteiger partial charge in [-0.1, -0.05) is 28.1 Å². The number of halogens is 1. The van der Waals surface area contributed by atoms with Gasteiger partial charge in [0.25, 0.3) is 11.1 Å². The molecule has 0 atom stereocenters. The molecule has 0 saturated carbocycles. The summed E-state index contributed by atoms with van der Waals surface area (Å²) >= 11 is 4.17. The van der Waals surface area contributed by atoms with Crippen LogP contribution in [0.5, 0.6) is 0 Å². The van der Waals surface area contributed by atoms with Crippen molar-refractivity contribution in [3.63, 3.8) is 0 Å². The summed E-state index contributed by atoms with van der Waals surface area (Å²) < 4.78 is 11.4. The van der Waals surface area contributed by atoms with Crippen molar-refractivity contribution in [2.75, 3.05) is 13.2 Å². The fourth-order valence-corrected chi connectivity index (χ4v) is 3.55. The van der Waals surface area contributed by atoms with E-state index in [0.717, 1.165) is 26.7 Å². The molecule has 1 aromatic heterocycles. The number of benzene rings is 1. The Morgan fingerprint density at radius 1 is 1.31 bits per heavy atom. The number of esters is 1. The normalized spacial score (nSPS) is 15.8. The number of ether oxygens (including phenoxy) is 1. The van der Waals surface area contributed by atoms with Crippen molar-refractivity contribution in [2.45, 2.75) is 6.92 Å². The average molecular weight is 436 g/mol. The van der Waals surface area contributed by atoms with Crippen molar-refractivity contribution >= 4 is 50.9 Å². The van der Waals surface area contributed by atoms with Gasteiger partial charge < -0.3 is 9.15 Å². The summed E-state index contributed by atoms with van der Waals surface area (Å²) in [6, 6.07) is 11.1.